The highest BCUT2D eigenvalue weighted by molar-refractivity contribution is 5.32. The van der Waals surface area contributed by atoms with E-state index in [1.54, 1.807) is 7.05 Å². The number of nitrogens with zero attached hydrogens (tertiary/aromatic N) is 2. The van der Waals surface area contributed by atoms with Gasteiger partial charge in [0.2, 0.25) is 0 Å². The molecule has 1 aromatic carbocycles. The van der Waals surface area contributed by atoms with Crippen LogP contribution in [0.25, 0.3) is 0 Å². The van der Waals surface area contributed by atoms with E-state index in [0.717, 1.165) is 6.07 Å². The molecule has 1 heterocycles. The van der Waals surface area contributed by atoms with Crippen LogP contribution in [0.15, 0.2) is 30.6 Å². The van der Waals surface area contributed by atoms with Crippen molar-refractivity contribution in [2.45, 2.75) is 12.3 Å². The molecule has 0 saturated carbocycles. The molecule has 2 aromatic rings. The van der Waals surface area contributed by atoms with Crippen LogP contribution >= 0.6 is 0 Å². The van der Waals surface area contributed by atoms with Crippen molar-refractivity contribution in [1.82, 2.24) is 9.78 Å². The van der Waals surface area contributed by atoms with Crippen molar-refractivity contribution in [1.29, 1.82) is 0 Å². The van der Waals surface area contributed by atoms with Crippen LogP contribution in [0.5, 0.6) is 0 Å². The zero-order chi connectivity index (χ0) is 14.2. The maximum Gasteiger partial charge on any atom is 0.419 e. The average Bonchev–Trinajstić information content (AvgIpc) is 2.73. The molecule has 0 saturated heterocycles. The van der Waals surface area contributed by atoms with Gasteiger partial charge in [0.15, 0.2) is 0 Å². The van der Waals surface area contributed by atoms with Gasteiger partial charge in [-0.3, -0.25) is 4.68 Å². The van der Waals surface area contributed by atoms with E-state index in [2.05, 4.69) is 5.10 Å². The number of benzene rings is 1. The quantitative estimate of drug-likeness (QED) is 0.855. The van der Waals surface area contributed by atoms with Gasteiger partial charge in [-0.15, -0.1) is 0 Å². The second-order valence-electron chi connectivity index (χ2n) is 4.09. The second-order valence-corrected chi connectivity index (χ2v) is 4.09. The van der Waals surface area contributed by atoms with Gasteiger partial charge in [0, 0.05) is 18.8 Å². The highest BCUT2D eigenvalue weighted by Crippen LogP contribution is 2.33. The minimum atomic E-state index is -4.75. The number of alkyl halides is 3. The summed E-state index contributed by atoms with van der Waals surface area (Å²) >= 11 is 0. The van der Waals surface area contributed by atoms with Gasteiger partial charge < -0.3 is 5.11 Å². The van der Waals surface area contributed by atoms with Crippen LogP contribution in [0.2, 0.25) is 0 Å². The molecule has 0 radical (unpaired) electrons. The van der Waals surface area contributed by atoms with E-state index in [-0.39, 0.29) is 5.56 Å². The van der Waals surface area contributed by atoms with Crippen LogP contribution in [-0.2, 0) is 13.2 Å². The molecular weight excluding hydrogens is 264 g/mol. The number of aryl methyl sites for hydroxylation is 1. The molecule has 1 aromatic heterocycles. The van der Waals surface area contributed by atoms with Crippen molar-refractivity contribution in [2.24, 2.45) is 7.05 Å². The predicted molar refractivity (Wildman–Crippen MR) is 58.7 cm³/mol. The lowest BCUT2D eigenvalue weighted by Crippen LogP contribution is -2.09. The number of hydrogen-bond donors (Lipinski definition) is 1. The Labute approximate surface area is 106 Å². The summed E-state index contributed by atoms with van der Waals surface area (Å²) in [5, 5.41) is 13.7. The van der Waals surface area contributed by atoms with Gasteiger partial charge in [0.25, 0.3) is 0 Å². The third-order valence-electron chi connectivity index (χ3n) is 2.65. The zero-order valence-electron chi connectivity index (χ0n) is 9.82. The van der Waals surface area contributed by atoms with E-state index in [4.69, 9.17) is 0 Å². The lowest BCUT2D eigenvalue weighted by molar-refractivity contribution is -0.140. The van der Waals surface area contributed by atoms with Gasteiger partial charge in [-0.2, -0.15) is 18.3 Å². The number of aliphatic hydroxyl groups is 1. The van der Waals surface area contributed by atoms with E-state index in [1.165, 1.54) is 17.1 Å². The minimum absolute atomic E-state index is 0.0403. The SMILES string of the molecule is Cn1cc(C(O)c2ccc(C(F)(F)F)c(F)c2)cn1. The van der Waals surface area contributed by atoms with E-state index < -0.39 is 23.7 Å². The molecule has 19 heavy (non-hydrogen) atoms. The number of aliphatic hydroxyl groups excluding tert-OH is 1. The molecule has 0 amide bonds. The molecule has 1 atom stereocenters. The first-order valence-electron chi connectivity index (χ1n) is 5.32. The highest BCUT2D eigenvalue weighted by atomic mass is 19.4. The highest BCUT2D eigenvalue weighted by Gasteiger charge is 2.34. The first kappa shape index (κ1) is 13.5. The molecule has 1 unspecified atom stereocenters. The van der Waals surface area contributed by atoms with E-state index in [9.17, 15) is 22.7 Å². The van der Waals surface area contributed by atoms with E-state index in [1.807, 2.05) is 0 Å². The Hall–Kier alpha value is -1.89. The Morgan fingerprint density at radius 1 is 1.26 bits per heavy atom. The summed E-state index contributed by atoms with van der Waals surface area (Å²) in [6, 6.07) is 2.34. The first-order valence-corrected chi connectivity index (χ1v) is 5.32. The number of rotatable bonds is 2. The maximum atomic E-state index is 13.4. The lowest BCUT2D eigenvalue weighted by Gasteiger charge is -2.12. The molecule has 3 nitrogen and oxygen atoms in total. The Morgan fingerprint density at radius 3 is 2.42 bits per heavy atom. The van der Waals surface area contributed by atoms with E-state index in [0.29, 0.717) is 17.7 Å². The second kappa shape index (κ2) is 4.65. The summed E-state index contributed by atoms with van der Waals surface area (Å²) in [5.41, 5.74) is -0.935. The smallest absolute Gasteiger partial charge is 0.384 e. The molecule has 2 rings (SSSR count). The van der Waals surface area contributed by atoms with Gasteiger partial charge in [-0.25, -0.2) is 4.39 Å². The topological polar surface area (TPSA) is 38.0 Å². The predicted octanol–water partition coefficient (Wildman–Crippen LogP) is 2.66. The number of aromatic nitrogens is 2. The van der Waals surface area contributed by atoms with Gasteiger partial charge in [0.1, 0.15) is 11.9 Å². The van der Waals surface area contributed by atoms with Crippen LogP contribution in [0.4, 0.5) is 17.6 Å². The van der Waals surface area contributed by atoms with Crippen molar-refractivity contribution in [3.63, 3.8) is 0 Å². The van der Waals surface area contributed by atoms with Crippen molar-refractivity contribution in [3.05, 3.63) is 53.1 Å². The normalized spacial score (nSPS) is 13.6. The average molecular weight is 274 g/mol. The lowest BCUT2D eigenvalue weighted by atomic mass is 10.0. The Morgan fingerprint density at radius 2 is 1.95 bits per heavy atom. The van der Waals surface area contributed by atoms with Crippen LogP contribution in [0, 0.1) is 5.82 Å². The molecule has 0 fully saturated rings. The fourth-order valence-electron chi connectivity index (χ4n) is 1.71. The summed E-state index contributed by atoms with van der Waals surface area (Å²) in [4.78, 5) is 0. The Kier molecular flexibility index (Phi) is 3.32. The first-order chi connectivity index (χ1) is 8.79. The van der Waals surface area contributed by atoms with Crippen molar-refractivity contribution in [3.8, 4) is 0 Å². The van der Waals surface area contributed by atoms with Crippen LogP contribution in [0.1, 0.15) is 22.8 Å². The van der Waals surface area contributed by atoms with Crippen molar-refractivity contribution < 1.29 is 22.7 Å². The van der Waals surface area contributed by atoms with Gasteiger partial charge >= 0.3 is 6.18 Å². The molecule has 1 N–H and O–H groups in total. The molecule has 102 valence electrons. The molecule has 0 aliphatic carbocycles. The standard InChI is InChI=1S/C12H10F4N2O/c1-18-6-8(5-17-18)11(19)7-2-3-9(10(13)4-7)12(14,15)16/h2-6,11,19H,1H3. The Balaban J connectivity index is 2.35. The number of halogens is 4. The largest absolute Gasteiger partial charge is 0.419 e. The van der Waals surface area contributed by atoms with E-state index >= 15 is 0 Å². The zero-order valence-corrected chi connectivity index (χ0v) is 9.82. The monoisotopic (exact) mass is 274 g/mol. The summed E-state index contributed by atoms with van der Waals surface area (Å²) in [6.07, 6.45) is -3.10. The molecule has 0 aliphatic rings. The van der Waals surface area contributed by atoms with Gasteiger partial charge in [0.05, 0.1) is 11.8 Å². The van der Waals surface area contributed by atoms with Gasteiger partial charge in [-0.1, -0.05) is 6.07 Å². The summed E-state index contributed by atoms with van der Waals surface area (Å²) in [7, 11) is 1.63. The molecular formula is C12H10F4N2O. The van der Waals surface area contributed by atoms with Crippen molar-refractivity contribution >= 4 is 0 Å². The fraction of sp³-hybridized carbons (Fsp3) is 0.250. The maximum absolute atomic E-state index is 13.4. The third-order valence-corrected chi connectivity index (χ3v) is 2.65. The molecule has 0 aliphatic heterocycles. The van der Waals surface area contributed by atoms with Crippen LogP contribution < -0.4 is 0 Å². The third kappa shape index (κ3) is 2.76. The van der Waals surface area contributed by atoms with Crippen LogP contribution in [-0.4, -0.2) is 14.9 Å². The van der Waals surface area contributed by atoms with Crippen LogP contribution in [0.3, 0.4) is 0 Å². The summed E-state index contributed by atoms with van der Waals surface area (Å²) < 4.78 is 52.0. The molecule has 0 spiro atoms. The summed E-state index contributed by atoms with van der Waals surface area (Å²) in [6.45, 7) is 0. The van der Waals surface area contributed by atoms with Gasteiger partial charge in [-0.05, 0) is 17.7 Å². The minimum Gasteiger partial charge on any atom is -0.384 e. The molecule has 7 heteroatoms. The molecule has 0 bridgehead atoms. The summed E-state index contributed by atoms with van der Waals surface area (Å²) in [5.74, 6) is -1.41. The number of hydrogen-bond acceptors (Lipinski definition) is 2. The Bertz CT molecular complexity index is 592. The van der Waals surface area contributed by atoms with Crippen molar-refractivity contribution in [2.75, 3.05) is 0 Å². The fourth-order valence-corrected chi connectivity index (χ4v) is 1.71.